The number of carbonyl (C=O) groups is 1. The van der Waals surface area contributed by atoms with Crippen molar-refractivity contribution < 1.29 is 9.53 Å². The van der Waals surface area contributed by atoms with Gasteiger partial charge in [-0.15, -0.1) is 0 Å². The number of aryl methyl sites for hydroxylation is 1. The number of carbonyl (C=O) groups excluding carboxylic acids is 1. The minimum atomic E-state index is -0.0486. The number of unbranched alkanes of at least 4 members (excludes halogenated alkanes) is 1. The Morgan fingerprint density at radius 1 is 0.912 bits per heavy atom. The summed E-state index contributed by atoms with van der Waals surface area (Å²) in [5, 5.41) is 4.23. The maximum Gasteiger partial charge on any atom is 0.224 e. The summed E-state index contributed by atoms with van der Waals surface area (Å²) in [4.78, 5) is 17.2. The molecule has 1 amide bonds. The Labute approximate surface area is 209 Å². The zero-order valence-electron chi connectivity index (χ0n) is 18.8. The largest absolute Gasteiger partial charge is 0.492 e. The number of ether oxygens (including phenoxy) is 1. The predicted octanol–water partition coefficient (Wildman–Crippen LogP) is 6.10. The molecular weight excluding hydrogens is 469 g/mol. The van der Waals surface area contributed by atoms with E-state index in [1.165, 1.54) is 0 Å². The lowest BCUT2D eigenvalue weighted by Crippen LogP contribution is -2.28. The maximum absolute atomic E-state index is 12.4. The van der Waals surface area contributed by atoms with E-state index in [2.05, 4.69) is 16.0 Å². The van der Waals surface area contributed by atoms with Gasteiger partial charge in [0.25, 0.3) is 0 Å². The molecule has 0 spiro atoms. The van der Waals surface area contributed by atoms with Crippen molar-refractivity contribution in [3.05, 3.63) is 94.2 Å². The van der Waals surface area contributed by atoms with Crippen molar-refractivity contribution in [1.82, 2.24) is 14.9 Å². The number of halogens is 2. The average Bonchev–Trinajstić information content (AvgIpc) is 3.19. The normalized spacial score (nSPS) is 11.0. The van der Waals surface area contributed by atoms with Crippen molar-refractivity contribution in [2.24, 2.45) is 0 Å². The second-order valence-corrected chi connectivity index (χ2v) is 8.84. The zero-order chi connectivity index (χ0) is 23.8. The highest BCUT2D eigenvalue weighted by Crippen LogP contribution is 2.23. The van der Waals surface area contributed by atoms with Crippen LogP contribution in [0.15, 0.2) is 72.8 Å². The Balaban J connectivity index is 1.31. The van der Waals surface area contributed by atoms with Crippen LogP contribution < -0.4 is 10.1 Å². The predicted molar refractivity (Wildman–Crippen MR) is 138 cm³/mol. The first-order chi connectivity index (χ1) is 16.6. The average molecular weight is 496 g/mol. The van der Waals surface area contributed by atoms with Gasteiger partial charge in [-0.3, -0.25) is 4.79 Å². The minimum absolute atomic E-state index is 0.0486. The minimum Gasteiger partial charge on any atom is -0.492 e. The molecule has 1 heterocycles. The summed E-state index contributed by atoms with van der Waals surface area (Å²) in [6.07, 6.45) is 2.75. The monoisotopic (exact) mass is 495 g/mol. The van der Waals surface area contributed by atoms with Crippen LogP contribution in [0.2, 0.25) is 10.0 Å². The Hall–Kier alpha value is -3.02. The van der Waals surface area contributed by atoms with E-state index in [1.807, 2.05) is 60.7 Å². The molecule has 176 valence electrons. The SMILES string of the molecule is O=C(Cc1ccccc1Cl)NCCc1nc2ccccc2n1CCCCOc1ccccc1Cl. The fourth-order valence-corrected chi connectivity index (χ4v) is 4.27. The molecule has 0 bridgehead atoms. The van der Waals surface area contributed by atoms with Gasteiger partial charge in [-0.1, -0.05) is 65.7 Å². The van der Waals surface area contributed by atoms with Crippen LogP contribution in [-0.4, -0.2) is 28.6 Å². The summed E-state index contributed by atoms with van der Waals surface area (Å²) in [6.45, 7) is 1.95. The molecule has 0 fully saturated rings. The number of benzene rings is 3. The van der Waals surface area contributed by atoms with Crippen LogP contribution >= 0.6 is 23.2 Å². The number of para-hydroxylation sites is 3. The van der Waals surface area contributed by atoms with Crippen molar-refractivity contribution in [1.29, 1.82) is 0 Å². The fraction of sp³-hybridized carbons (Fsp3) is 0.259. The number of imidazole rings is 1. The highest BCUT2D eigenvalue weighted by molar-refractivity contribution is 6.32. The van der Waals surface area contributed by atoms with Crippen LogP contribution in [0, 0.1) is 0 Å². The lowest BCUT2D eigenvalue weighted by Gasteiger charge is -2.11. The second-order valence-electron chi connectivity index (χ2n) is 8.02. The van der Waals surface area contributed by atoms with E-state index in [-0.39, 0.29) is 12.3 Å². The highest BCUT2D eigenvalue weighted by atomic mass is 35.5. The number of rotatable bonds is 11. The van der Waals surface area contributed by atoms with Crippen molar-refractivity contribution in [3.8, 4) is 5.75 Å². The first kappa shape index (κ1) is 24.1. The van der Waals surface area contributed by atoms with Gasteiger partial charge in [-0.05, 0) is 48.7 Å². The Morgan fingerprint density at radius 2 is 1.65 bits per heavy atom. The van der Waals surface area contributed by atoms with Gasteiger partial charge in [0.05, 0.1) is 29.1 Å². The molecule has 4 rings (SSSR count). The molecule has 0 atom stereocenters. The standard InChI is InChI=1S/C27H27Cl2N3O2/c28-21-10-2-1-9-20(21)19-27(33)30-16-15-26-31-23-12-4-5-13-24(23)32(26)17-7-8-18-34-25-14-6-3-11-22(25)29/h1-6,9-14H,7-8,15-19H2,(H,30,33). The van der Waals surface area contributed by atoms with E-state index >= 15 is 0 Å². The van der Waals surface area contributed by atoms with Crippen LogP contribution in [0.4, 0.5) is 0 Å². The summed E-state index contributed by atoms with van der Waals surface area (Å²) in [6, 6.07) is 23.0. The van der Waals surface area contributed by atoms with E-state index in [0.29, 0.717) is 35.4 Å². The molecule has 0 radical (unpaired) electrons. The van der Waals surface area contributed by atoms with Gasteiger partial charge in [0, 0.05) is 24.5 Å². The lowest BCUT2D eigenvalue weighted by atomic mass is 10.1. The van der Waals surface area contributed by atoms with Crippen LogP contribution in [0.3, 0.4) is 0 Å². The molecule has 0 aliphatic carbocycles. The number of amides is 1. The molecule has 3 aromatic carbocycles. The Kier molecular flexibility index (Phi) is 8.45. The molecule has 0 aliphatic heterocycles. The summed E-state index contributed by atoms with van der Waals surface area (Å²) < 4.78 is 8.05. The molecule has 1 aromatic heterocycles. The molecule has 0 saturated heterocycles. The van der Waals surface area contributed by atoms with Gasteiger partial charge >= 0.3 is 0 Å². The highest BCUT2D eigenvalue weighted by Gasteiger charge is 2.12. The third-order valence-corrected chi connectivity index (χ3v) is 6.26. The number of hydrogen-bond acceptors (Lipinski definition) is 3. The second kappa shape index (κ2) is 11.9. The lowest BCUT2D eigenvalue weighted by molar-refractivity contribution is -0.120. The van der Waals surface area contributed by atoms with Gasteiger partial charge in [-0.2, -0.15) is 0 Å². The Morgan fingerprint density at radius 3 is 2.47 bits per heavy atom. The molecule has 0 saturated carbocycles. The Bertz CT molecular complexity index is 1260. The first-order valence-corrected chi connectivity index (χ1v) is 12.2. The van der Waals surface area contributed by atoms with Gasteiger partial charge in [-0.25, -0.2) is 4.98 Å². The number of nitrogens with zero attached hydrogens (tertiary/aromatic N) is 2. The summed E-state index contributed by atoms with van der Waals surface area (Å²) in [7, 11) is 0. The van der Waals surface area contributed by atoms with Crippen molar-refractivity contribution in [3.63, 3.8) is 0 Å². The van der Waals surface area contributed by atoms with Gasteiger partial charge in [0.15, 0.2) is 0 Å². The van der Waals surface area contributed by atoms with Gasteiger partial charge < -0.3 is 14.6 Å². The smallest absolute Gasteiger partial charge is 0.224 e. The number of fused-ring (bicyclic) bond motifs is 1. The molecule has 34 heavy (non-hydrogen) atoms. The molecule has 5 nitrogen and oxygen atoms in total. The van der Waals surface area contributed by atoms with Gasteiger partial charge in [0.2, 0.25) is 5.91 Å². The van der Waals surface area contributed by atoms with Crippen LogP contribution in [0.25, 0.3) is 11.0 Å². The quantitative estimate of drug-likeness (QED) is 0.255. The number of aromatic nitrogens is 2. The molecular formula is C27H27Cl2N3O2. The van der Waals surface area contributed by atoms with E-state index in [1.54, 1.807) is 6.07 Å². The van der Waals surface area contributed by atoms with E-state index in [0.717, 1.165) is 41.8 Å². The molecule has 4 aromatic rings. The third kappa shape index (κ3) is 6.31. The maximum atomic E-state index is 12.4. The summed E-state index contributed by atoms with van der Waals surface area (Å²) >= 11 is 12.3. The van der Waals surface area contributed by atoms with Crippen LogP contribution in [0.5, 0.6) is 5.75 Å². The topological polar surface area (TPSA) is 56.2 Å². The molecule has 0 aliphatic rings. The summed E-state index contributed by atoms with van der Waals surface area (Å²) in [5.74, 6) is 1.63. The number of nitrogens with one attached hydrogen (secondary N) is 1. The molecule has 1 N–H and O–H groups in total. The molecule has 0 unspecified atom stereocenters. The van der Waals surface area contributed by atoms with Gasteiger partial charge in [0.1, 0.15) is 11.6 Å². The first-order valence-electron chi connectivity index (χ1n) is 11.4. The van der Waals surface area contributed by atoms with E-state index in [9.17, 15) is 4.79 Å². The fourth-order valence-electron chi connectivity index (χ4n) is 3.87. The van der Waals surface area contributed by atoms with E-state index < -0.39 is 0 Å². The number of hydrogen-bond donors (Lipinski definition) is 1. The van der Waals surface area contributed by atoms with Crippen molar-refractivity contribution in [2.75, 3.05) is 13.2 Å². The van der Waals surface area contributed by atoms with Crippen LogP contribution in [-0.2, 0) is 24.2 Å². The van der Waals surface area contributed by atoms with Crippen LogP contribution in [0.1, 0.15) is 24.2 Å². The van der Waals surface area contributed by atoms with E-state index in [4.69, 9.17) is 32.9 Å². The van der Waals surface area contributed by atoms with Crippen molar-refractivity contribution >= 4 is 40.1 Å². The zero-order valence-corrected chi connectivity index (χ0v) is 20.4. The van der Waals surface area contributed by atoms with Crippen molar-refractivity contribution in [2.45, 2.75) is 32.2 Å². The third-order valence-electron chi connectivity index (χ3n) is 5.58. The molecule has 7 heteroatoms. The summed E-state index contributed by atoms with van der Waals surface area (Å²) in [5.41, 5.74) is 2.90.